The van der Waals surface area contributed by atoms with Crippen LogP contribution >= 0.6 is 0 Å². The number of morpholine rings is 1. The Hall–Kier alpha value is -2.38. The number of nitrogens with zero attached hydrogens (tertiary/aromatic N) is 2. The van der Waals surface area contributed by atoms with Gasteiger partial charge in [-0.15, -0.1) is 0 Å². The van der Waals surface area contributed by atoms with E-state index in [1.54, 1.807) is 30.3 Å². The number of ether oxygens (including phenoxy) is 2. The molecule has 25 heavy (non-hydrogen) atoms. The largest absolute Gasteiger partial charge is 0.418 e. The Morgan fingerprint density at radius 1 is 1.36 bits per heavy atom. The predicted molar refractivity (Wildman–Crippen MR) is 92.6 cm³/mol. The summed E-state index contributed by atoms with van der Waals surface area (Å²) in [7, 11) is 0. The van der Waals surface area contributed by atoms with E-state index in [2.05, 4.69) is 36.1 Å². The van der Waals surface area contributed by atoms with Crippen molar-refractivity contribution in [1.29, 1.82) is 0 Å². The van der Waals surface area contributed by atoms with Gasteiger partial charge in [-0.2, -0.15) is 0 Å². The van der Waals surface area contributed by atoms with Gasteiger partial charge in [-0.05, 0) is 32.9 Å². The van der Waals surface area contributed by atoms with Crippen molar-refractivity contribution in [2.45, 2.75) is 32.4 Å². The molecule has 0 spiro atoms. The van der Waals surface area contributed by atoms with Gasteiger partial charge in [0.15, 0.2) is 11.6 Å². The van der Waals surface area contributed by atoms with Crippen LogP contribution in [-0.2, 0) is 10.3 Å². The van der Waals surface area contributed by atoms with Crippen molar-refractivity contribution in [1.82, 2.24) is 10.1 Å². The minimum Gasteiger partial charge on any atom is -0.410 e. The zero-order chi connectivity index (χ0) is 17.9. The first-order valence-electron chi connectivity index (χ1n) is 8.33. The normalized spacial score (nSPS) is 18.8. The molecule has 1 N–H and O–H groups in total. The molecule has 134 valence electrons. The topological polar surface area (TPSA) is 76.8 Å². The van der Waals surface area contributed by atoms with Crippen LogP contribution in [0.25, 0.3) is 0 Å². The highest BCUT2D eigenvalue weighted by molar-refractivity contribution is 5.85. The highest BCUT2D eigenvalue weighted by Crippen LogP contribution is 2.31. The fourth-order valence-corrected chi connectivity index (χ4v) is 2.83. The first-order valence-corrected chi connectivity index (χ1v) is 8.33. The lowest BCUT2D eigenvalue weighted by molar-refractivity contribution is -0.0614. The molecule has 1 fully saturated rings. The van der Waals surface area contributed by atoms with E-state index >= 15 is 0 Å². The number of amides is 1. The van der Waals surface area contributed by atoms with Crippen molar-refractivity contribution in [2.75, 3.05) is 25.0 Å². The number of nitrogens with one attached hydrogen (secondary N) is 1. The minimum absolute atomic E-state index is 0.175. The molecule has 1 atom stereocenters. The summed E-state index contributed by atoms with van der Waals surface area (Å²) >= 11 is 0. The number of para-hydroxylation sites is 1. The second kappa shape index (κ2) is 7.25. The Labute approximate surface area is 146 Å². The van der Waals surface area contributed by atoms with E-state index in [0.717, 1.165) is 13.1 Å². The second-order valence-corrected chi connectivity index (χ2v) is 6.59. The highest BCUT2D eigenvalue weighted by atomic mass is 16.6. The Bertz CT molecular complexity index is 714. The van der Waals surface area contributed by atoms with Crippen LogP contribution in [0.3, 0.4) is 0 Å². The fourth-order valence-electron chi connectivity index (χ4n) is 2.83. The molecule has 0 aliphatic carbocycles. The maximum Gasteiger partial charge on any atom is 0.418 e. The number of anilines is 1. The quantitative estimate of drug-likeness (QED) is 0.917. The smallest absolute Gasteiger partial charge is 0.410 e. The molecule has 0 bridgehead atoms. The molecule has 1 saturated heterocycles. The van der Waals surface area contributed by atoms with Gasteiger partial charge in [-0.1, -0.05) is 23.4 Å². The van der Waals surface area contributed by atoms with Crippen LogP contribution < -0.4 is 10.1 Å². The average molecular weight is 345 g/mol. The zero-order valence-electron chi connectivity index (χ0n) is 14.7. The molecule has 1 aromatic heterocycles. The van der Waals surface area contributed by atoms with Crippen molar-refractivity contribution in [2.24, 2.45) is 0 Å². The van der Waals surface area contributed by atoms with Gasteiger partial charge in [-0.25, -0.2) is 4.79 Å². The fraction of sp³-hybridized carbons (Fsp3) is 0.444. The van der Waals surface area contributed by atoms with Gasteiger partial charge >= 0.3 is 6.09 Å². The summed E-state index contributed by atoms with van der Waals surface area (Å²) in [4.78, 5) is 14.2. The van der Waals surface area contributed by atoms with Crippen LogP contribution in [0.15, 0.2) is 40.9 Å². The lowest BCUT2D eigenvalue weighted by Crippen LogP contribution is -2.50. The van der Waals surface area contributed by atoms with E-state index in [0.29, 0.717) is 23.9 Å². The van der Waals surface area contributed by atoms with Crippen molar-refractivity contribution < 1.29 is 18.8 Å². The molecular formula is C18H23N3O4. The van der Waals surface area contributed by atoms with Crippen LogP contribution in [0.5, 0.6) is 5.75 Å². The average Bonchev–Trinajstić information content (AvgIpc) is 3.05. The summed E-state index contributed by atoms with van der Waals surface area (Å²) in [5, 5.41) is 6.52. The van der Waals surface area contributed by atoms with Crippen molar-refractivity contribution in [3.63, 3.8) is 0 Å². The molecule has 3 rings (SSSR count). The number of carbonyl (C=O) groups excluding carboxylic acids is 1. The zero-order valence-corrected chi connectivity index (χ0v) is 14.7. The Kier molecular flexibility index (Phi) is 5.06. The second-order valence-electron chi connectivity index (χ2n) is 6.59. The third kappa shape index (κ3) is 4.18. The summed E-state index contributed by atoms with van der Waals surface area (Å²) in [6.07, 6.45) is -0.432. The minimum atomic E-state index is -0.608. The van der Waals surface area contributed by atoms with Crippen LogP contribution in [0.1, 0.15) is 26.5 Å². The van der Waals surface area contributed by atoms with E-state index in [1.165, 1.54) is 0 Å². The summed E-state index contributed by atoms with van der Waals surface area (Å²) in [6.45, 7) is 8.50. The molecule has 7 nitrogen and oxygen atoms in total. The first kappa shape index (κ1) is 17.4. The van der Waals surface area contributed by atoms with E-state index in [1.807, 2.05) is 6.07 Å². The van der Waals surface area contributed by atoms with Gasteiger partial charge in [0.25, 0.3) is 0 Å². The van der Waals surface area contributed by atoms with Crippen LogP contribution in [0.4, 0.5) is 10.6 Å². The monoisotopic (exact) mass is 345 g/mol. The van der Waals surface area contributed by atoms with E-state index in [9.17, 15) is 4.79 Å². The predicted octanol–water partition coefficient (Wildman–Crippen LogP) is 3.24. The molecule has 0 saturated carbocycles. The maximum absolute atomic E-state index is 11.9. The molecule has 1 amide bonds. The molecular weight excluding hydrogens is 322 g/mol. The first-order chi connectivity index (χ1) is 11.9. The number of hydrogen-bond donors (Lipinski definition) is 1. The number of aromatic nitrogens is 1. The van der Waals surface area contributed by atoms with E-state index in [-0.39, 0.29) is 11.6 Å². The molecule has 0 radical (unpaired) electrons. The Morgan fingerprint density at radius 2 is 2.12 bits per heavy atom. The third-order valence-corrected chi connectivity index (χ3v) is 4.33. The SMILES string of the molecule is CC1CN(C(C)(C)c2cc(NC(=O)Oc3ccccc3)no2)CCO1. The molecule has 1 unspecified atom stereocenters. The van der Waals surface area contributed by atoms with Gasteiger partial charge in [-0.3, -0.25) is 10.2 Å². The summed E-state index contributed by atoms with van der Waals surface area (Å²) in [5.41, 5.74) is -0.353. The molecule has 1 aliphatic heterocycles. The van der Waals surface area contributed by atoms with Gasteiger partial charge < -0.3 is 14.0 Å². The summed E-state index contributed by atoms with van der Waals surface area (Å²) in [6, 6.07) is 10.6. The van der Waals surface area contributed by atoms with Crippen LogP contribution in [0, 0.1) is 0 Å². The molecule has 1 aromatic carbocycles. The van der Waals surface area contributed by atoms with Gasteiger partial charge in [0.05, 0.1) is 18.2 Å². The van der Waals surface area contributed by atoms with E-state index < -0.39 is 6.09 Å². The standard InChI is InChI=1S/C18H23N3O4/c1-13-12-21(9-10-23-13)18(2,3)15-11-16(20-25-15)19-17(22)24-14-7-5-4-6-8-14/h4-8,11,13H,9-10,12H2,1-3H3,(H,19,20,22). The third-order valence-electron chi connectivity index (χ3n) is 4.33. The number of hydrogen-bond acceptors (Lipinski definition) is 6. The maximum atomic E-state index is 11.9. The molecule has 2 heterocycles. The van der Waals surface area contributed by atoms with Crippen molar-refractivity contribution >= 4 is 11.9 Å². The molecule has 1 aliphatic rings. The summed E-state index contributed by atoms with van der Waals surface area (Å²) < 4.78 is 16.2. The molecule has 7 heteroatoms. The van der Waals surface area contributed by atoms with Crippen molar-refractivity contribution in [3.05, 3.63) is 42.2 Å². The Morgan fingerprint density at radius 3 is 2.84 bits per heavy atom. The summed E-state index contributed by atoms with van der Waals surface area (Å²) in [5.74, 6) is 1.47. The van der Waals surface area contributed by atoms with Crippen LogP contribution in [-0.4, -0.2) is 42.0 Å². The number of carbonyl (C=O) groups is 1. The highest BCUT2D eigenvalue weighted by Gasteiger charge is 2.35. The number of rotatable bonds is 4. The number of benzene rings is 1. The van der Waals surface area contributed by atoms with Gasteiger partial charge in [0, 0.05) is 19.2 Å². The van der Waals surface area contributed by atoms with Crippen molar-refractivity contribution in [3.8, 4) is 5.75 Å². The molecule has 2 aromatic rings. The lowest BCUT2D eigenvalue weighted by Gasteiger charge is -2.41. The van der Waals surface area contributed by atoms with Gasteiger partial charge in [0.1, 0.15) is 5.75 Å². The van der Waals surface area contributed by atoms with Gasteiger partial charge in [0.2, 0.25) is 0 Å². The lowest BCUT2D eigenvalue weighted by atomic mass is 9.98. The Balaban J connectivity index is 1.64. The van der Waals surface area contributed by atoms with E-state index in [4.69, 9.17) is 14.0 Å². The van der Waals surface area contributed by atoms with Crippen LogP contribution in [0.2, 0.25) is 0 Å².